The molecule has 0 saturated heterocycles. The van der Waals surface area contributed by atoms with Gasteiger partial charge in [0.1, 0.15) is 12.6 Å². The monoisotopic (exact) mass is 651 g/mol. The van der Waals surface area contributed by atoms with Crippen molar-refractivity contribution in [2.24, 2.45) is 0 Å². The SMILES string of the molecule is CC[C@H](C(=O)NC(C)(C)C)N(Cc1ccc(Cl)cc1Cl)C(=O)CN(c1cc(Cl)ccc1C)S(=O)(=O)c1ccc(C)cc1. The molecule has 0 radical (unpaired) electrons. The van der Waals surface area contributed by atoms with Gasteiger partial charge in [-0.15, -0.1) is 0 Å². The molecule has 42 heavy (non-hydrogen) atoms. The van der Waals surface area contributed by atoms with Gasteiger partial charge in [0.25, 0.3) is 10.0 Å². The van der Waals surface area contributed by atoms with Crippen molar-refractivity contribution in [2.75, 3.05) is 10.8 Å². The van der Waals surface area contributed by atoms with Crippen molar-refractivity contribution in [3.63, 3.8) is 0 Å². The molecule has 3 rings (SSSR count). The minimum Gasteiger partial charge on any atom is -0.350 e. The molecule has 226 valence electrons. The standard InChI is InChI=1S/C31H36Cl3N3O4S/c1-7-27(30(39)35-31(4,5)6)36(18-22-11-13-23(32)16-26(22)34)29(38)19-37(28-17-24(33)12-10-21(28)3)42(40,41)25-14-8-20(2)9-15-25/h8-17,27H,7,18-19H2,1-6H3,(H,35,39)/t27-/m1/s1. The lowest BCUT2D eigenvalue weighted by Gasteiger charge is -2.35. The van der Waals surface area contributed by atoms with E-state index in [1.165, 1.54) is 23.1 Å². The molecule has 0 spiro atoms. The molecule has 0 aromatic heterocycles. The number of carbonyl (C=O) groups excluding carboxylic acids is 2. The predicted octanol–water partition coefficient (Wildman–Crippen LogP) is 7.18. The summed E-state index contributed by atoms with van der Waals surface area (Å²) in [4.78, 5) is 29.1. The third-order valence-electron chi connectivity index (χ3n) is 6.57. The number of hydrogen-bond donors (Lipinski definition) is 1. The van der Waals surface area contributed by atoms with Crippen LogP contribution in [0.2, 0.25) is 15.1 Å². The van der Waals surface area contributed by atoms with Crippen molar-refractivity contribution in [1.82, 2.24) is 10.2 Å². The first-order chi connectivity index (χ1) is 19.5. The fourth-order valence-electron chi connectivity index (χ4n) is 4.41. The number of nitrogens with one attached hydrogen (secondary N) is 1. The summed E-state index contributed by atoms with van der Waals surface area (Å²) in [6, 6.07) is 15.2. The van der Waals surface area contributed by atoms with Crippen molar-refractivity contribution in [2.45, 2.75) is 71.0 Å². The Labute approximate surface area is 263 Å². The van der Waals surface area contributed by atoms with Crippen LogP contribution in [0.15, 0.2) is 65.6 Å². The number of nitrogens with zero attached hydrogens (tertiary/aromatic N) is 2. The lowest BCUT2D eigenvalue weighted by atomic mass is 10.1. The summed E-state index contributed by atoms with van der Waals surface area (Å²) in [5.74, 6) is -0.956. The molecular weight excluding hydrogens is 617 g/mol. The molecule has 3 aromatic rings. The molecule has 11 heteroatoms. The first-order valence-electron chi connectivity index (χ1n) is 13.4. The van der Waals surface area contributed by atoms with Crippen LogP contribution >= 0.6 is 34.8 Å². The lowest BCUT2D eigenvalue weighted by Crippen LogP contribution is -2.55. The maximum absolute atomic E-state index is 14.2. The van der Waals surface area contributed by atoms with Crippen LogP contribution in [0.25, 0.3) is 0 Å². The van der Waals surface area contributed by atoms with Crippen molar-refractivity contribution in [1.29, 1.82) is 0 Å². The molecule has 0 fully saturated rings. The van der Waals surface area contributed by atoms with E-state index in [0.717, 1.165) is 9.87 Å². The summed E-state index contributed by atoms with van der Waals surface area (Å²) in [6.07, 6.45) is 0.278. The van der Waals surface area contributed by atoms with E-state index in [4.69, 9.17) is 34.8 Å². The zero-order chi connectivity index (χ0) is 31.4. The molecule has 0 aliphatic heterocycles. The highest BCUT2D eigenvalue weighted by Crippen LogP contribution is 2.31. The van der Waals surface area contributed by atoms with E-state index in [9.17, 15) is 18.0 Å². The van der Waals surface area contributed by atoms with Gasteiger partial charge in [0.05, 0.1) is 10.6 Å². The van der Waals surface area contributed by atoms with Gasteiger partial charge in [-0.25, -0.2) is 8.42 Å². The van der Waals surface area contributed by atoms with E-state index in [0.29, 0.717) is 26.2 Å². The van der Waals surface area contributed by atoms with Crippen LogP contribution in [0.5, 0.6) is 0 Å². The van der Waals surface area contributed by atoms with Crippen LogP contribution in [-0.2, 0) is 26.2 Å². The highest BCUT2D eigenvalue weighted by molar-refractivity contribution is 7.92. The fourth-order valence-corrected chi connectivity index (χ4v) is 6.51. The number of amides is 2. The van der Waals surface area contributed by atoms with E-state index >= 15 is 0 Å². The molecule has 0 bridgehead atoms. The Morgan fingerprint density at radius 3 is 2.07 bits per heavy atom. The van der Waals surface area contributed by atoms with Crippen molar-refractivity contribution in [3.8, 4) is 0 Å². The zero-order valence-corrected chi connectivity index (χ0v) is 27.6. The van der Waals surface area contributed by atoms with E-state index < -0.39 is 34.1 Å². The number of benzene rings is 3. The Hall–Kier alpha value is -2.78. The number of anilines is 1. The summed E-state index contributed by atoms with van der Waals surface area (Å²) in [7, 11) is -4.22. The third kappa shape index (κ3) is 8.40. The Morgan fingerprint density at radius 2 is 1.50 bits per heavy atom. The summed E-state index contributed by atoms with van der Waals surface area (Å²) in [5.41, 5.74) is 1.75. The number of carbonyl (C=O) groups is 2. The molecule has 0 aliphatic rings. The van der Waals surface area contributed by atoms with Crippen molar-refractivity contribution < 1.29 is 18.0 Å². The van der Waals surface area contributed by atoms with Crippen LogP contribution in [0, 0.1) is 13.8 Å². The summed E-state index contributed by atoms with van der Waals surface area (Å²) in [6.45, 7) is 10.3. The fraction of sp³-hybridized carbons (Fsp3) is 0.355. The van der Waals surface area contributed by atoms with E-state index in [2.05, 4.69) is 5.32 Å². The maximum atomic E-state index is 14.2. The number of sulfonamides is 1. The maximum Gasteiger partial charge on any atom is 0.264 e. The summed E-state index contributed by atoms with van der Waals surface area (Å²) >= 11 is 18.9. The van der Waals surface area contributed by atoms with Gasteiger partial charge in [-0.05, 0) is 88.6 Å². The number of hydrogen-bond acceptors (Lipinski definition) is 4. The third-order valence-corrected chi connectivity index (χ3v) is 9.16. The molecule has 3 aromatic carbocycles. The normalized spacial score (nSPS) is 12.5. The quantitative estimate of drug-likeness (QED) is 0.251. The molecule has 7 nitrogen and oxygen atoms in total. The zero-order valence-electron chi connectivity index (χ0n) is 24.5. The number of aryl methyl sites for hydroxylation is 2. The Balaban J connectivity index is 2.14. The second-order valence-corrected chi connectivity index (χ2v) is 14.3. The first kappa shape index (κ1) is 33.7. The minimum absolute atomic E-state index is 0.0186. The van der Waals surface area contributed by atoms with Crippen LogP contribution in [-0.4, -0.2) is 43.3 Å². The molecule has 2 amide bonds. The van der Waals surface area contributed by atoms with Crippen molar-refractivity contribution >= 4 is 62.3 Å². The van der Waals surface area contributed by atoms with Crippen LogP contribution < -0.4 is 9.62 Å². The molecule has 1 atom stereocenters. The molecule has 0 unspecified atom stereocenters. The molecule has 0 saturated carbocycles. The first-order valence-corrected chi connectivity index (χ1v) is 16.0. The van der Waals surface area contributed by atoms with Gasteiger partial charge < -0.3 is 10.2 Å². The summed E-state index contributed by atoms with van der Waals surface area (Å²) in [5, 5.41) is 4.00. The van der Waals surface area contributed by atoms with Crippen molar-refractivity contribution in [3.05, 3.63) is 92.4 Å². The van der Waals surface area contributed by atoms with Crippen LogP contribution in [0.3, 0.4) is 0 Å². The van der Waals surface area contributed by atoms with E-state index in [1.807, 2.05) is 27.7 Å². The predicted molar refractivity (Wildman–Crippen MR) is 171 cm³/mol. The van der Waals surface area contributed by atoms with Gasteiger partial charge in [0, 0.05) is 27.2 Å². The van der Waals surface area contributed by atoms with Gasteiger partial charge in [-0.3, -0.25) is 13.9 Å². The Bertz CT molecular complexity index is 1550. The summed E-state index contributed by atoms with van der Waals surface area (Å²) < 4.78 is 29.2. The molecular formula is C31H36Cl3N3O4S. The van der Waals surface area contributed by atoms with Gasteiger partial charge >= 0.3 is 0 Å². The smallest absolute Gasteiger partial charge is 0.264 e. The van der Waals surface area contributed by atoms with Gasteiger partial charge in [-0.2, -0.15) is 0 Å². The largest absolute Gasteiger partial charge is 0.350 e. The van der Waals surface area contributed by atoms with Gasteiger partial charge in [-0.1, -0.05) is 71.6 Å². The number of rotatable bonds is 10. The number of halogens is 3. The highest BCUT2D eigenvalue weighted by atomic mass is 35.5. The van der Waals surface area contributed by atoms with Crippen LogP contribution in [0.4, 0.5) is 5.69 Å². The second kappa shape index (κ2) is 13.7. The topological polar surface area (TPSA) is 86.8 Å². The lowest BCUT2D eigenvalue weighted by molar-refractivity contribution is -0.141. The van der Waals surface area contributed by atoms with Gasteiger partial charge in [0.15, 0.2) is 0 Å². The average Bonchev–Trinajstić information content (AvgIpc) is 2.89. The van der Waals surface area contributed by atoms with Gasteiger partial charge in [0.2, 0.25) is 11.8 Å². The molecule has 1 N–H and O–H groups in total. The van der Waals surface area contributed by atoms with Crippen LogP contribution in [0.1, 0.15) is 50.8 Å². The van der Waals surface area contributed by atoms with E-state index in [-0.39, 0.29) is 29.5 Å². The van der Waals surface area contributed by atoms with E-state index in [1.54, 1.807) is 56.3 Å². The average molecular weight is 653 g/mol. The second-order valence-electron chi connectivity index (χ2n) is 11.2. The highest BCUT2D eigenvalue weighted by Gasteiger charge is 2.35. The Morgan fingerprint density at radius 1 is 0.905 bits per heavy atom. The minimum atomic E-state index is -4.22. The molecule has 0 aliphatic carbocycles. The molecule has 0 heterocycles. The Kier molecular flexibility index (Phi) is 11.0.